The van der Waals surface area contributed by atoms with Gasteiger partial charge in [0.05, 0.1) is 18.3 Å². The van der Waals surface area contributed by atoms with Gasteiger partial charge in [-0.2, -0.15) is 0 Å². The fourth-order valence-electron chi connectivity index (χ4n) is 4.53. The molecule has 32 heavy (non-hydrogen) atoms. The highest BCUT2D eigenvalue weighted by Gasteiger charge is 2.30. The van der Waals surface area contributed by atoms with Crippen molar-refractivity contribution in [3.63, 3.8) is 0 Å². The Kier molecular flexibility index (Phi) is 7.02. The number of amides is 1. The second-order valence-corrected chi connectivity index (χ2v) is 8.79. The first kappa shape index (κ1) is 22.2. The molecule has 1 aromatic heterocycles. The van der Waals surface area contributed by atoms with Gasteiger partial charge in [-0.05, 0) is 67.5 Å². The highest BCUT2D eigenvalue weighted by atomic mass is 16.3. The quantitative estimate of drug-likeness (QED) is 0.625. The highest BCUT2D eigenvalue weighted by molar-refractivity contribution is 5.94. The van der Waals surface area contributed by atoms with Crippen molar-refractivity contribution in [2.24, 2.45) is 0 Å². The van der Waals surface area contributed by atoms with Crippen molar-refractivity contribution in [1.29, 1.82) is 0 Å². The third-order valence-electron chi connectivity index (χ3n) is 6.28. The van der Waals surface area contributed by atoms with Gasteiger partial charge in [0.1, 0.15) is 5.82 Å². The molecule has 3 atom stereocenters. The Morgan fingerprint density at radius 1 is 1.22 bits per heavy atom. The lowest BCUT2D eigenvalue weighted by molar-refractivity contribution is 0.0783. The van der Waals surface area contributed by atoms with Crippen LogP contribution in [0.1, 0.15) is 47.3 Å². The fraction of sp³-hybridized carbons (Fsp3) is 0.385. The SMILES string of the molecule is CN(Cc1cccc(N)n1)C(=O)c1ccc(CC2CC[C@H](C(O)C3=CCCC=C3)N2)cc1. The van der Waals surface area contributed by atoms with Gasteiger partial charge in [0.2, 0.25) is 0 Å². The predicted molar refractivity (Wildman–Crippen MR) is 127 cm³/mol. The number of nitrogens with one attached hydrogen (secondary N) is 1. The summed E-state index contributed by atoms with van der Waals surface area (Å²) in [6, 6.07) is 13.7. The van der Waals surface area contributed by atoms with Gasteiger partial charge >= 0.3 is 0 Å². The van der Waals surface area contributed by atoms with Gasteiger partial charge in [-0.1, -0.05) is 36.4 Å². The highest BCUT2D eigenvalue weighted by Crippen LogP contribution is 2.24. The smallest absolute Gasteiger partial charge is 0.253 e. The normalized spacial score (nSPS) is 21.2. The number of allylic oxidation sites excluding steroid dienone is 2. The molecule has 1 amide bonds. The predicted octanol–water partition coefficient (Wildman–Crippen LogP) is 3.24. The number of aromatic nitrogens is 1. The zero-order valence-electron chi connectivity index (χ0n) is 18.6. The third kappa shape index (κ3) is 5.44. The summed E-state index contributed by atoms with van der Waals surface area (Å²) in [7, 11) is 1.77. The van der Waals surface area contributed by atoms with Crippen molar-refractivity contribution in [1.82, 2.24) is 15.2 Å². The lowest BCUT2D eigenvalue weighted by atomic mass is 9.96. The van der Waals surface area contributed by atoms with Crippen molar-refractivity contribution in [2.75, 3.05) is 12.8 Å². The summed E-state index contributed by atoms with van der Waals surface area (Å²) in [5.74, 6) is 0.409. The number of nitrogen functional groups attached to an aromatic ring is 1. The van der Waals surface area contributed by atoms with Crippen LogP contribution in [0.3, 0.4) is 0 Å². The van der Waals surface area contributed by atoms with E-state index < -0.39 is 6.10 Å². The molecule has 2 aromatic rings. The molecule has 0 saturated carbocycles. The summed E-state index contributed by atoms with van der Waals surface area (Å²) >= 11 is 0. The Labute approximate surface area is 189 Å². The molecule has 2 heterocycles. The van der Waals surface area contributed by atoms with Crippen LogP contribution in [0.4, 0.5) is 5.82 Å². The van der Waals surface area contributed by atoms with Gasteiger partial charge in [0.25, 0.3) is 5.91 Å². The zero-order valence-corrected chi connectivity index (χ0v) is 18.6. The number of hydrogen-bond donors (Lipinski definition) is 3. The number of benzene rings is 1. The number of carbonyl (C=O) groups excluding carboxylic acids is 1. The molecule has 0 radical (unpaired) electrons. The molecule has 1 aromatic carbocycles. The van der Waals surface area contributed by atoms with Crippen LogP contribution in [0.15, 0.2) is 66.3 Å². The standard InChI is InChI=1S/C26H32N4O2/c1-30(17-22-8-5-9-24(27)29-22)26(32)20-12-10-18(11-13-20)16-21-14-15-23(28-21)25(31)19-6-3-2-4-7-19/h3,5-13,21,23,25,28,31H,2,4,14-17H2,1H3,(H2,27,29)/t21?,23-,25?/m1/s1. The zero-order chi connectivity index (χ0) is 22.5. The minimum Gasteiger partial charge on any atom is -0.387 e. The van der Waals surface area contributed by atoms with Crippen LogP contribution in [-0.4, -0.2) is 46.1 Å². The summed E-state index contributed by atoms with van der Waals surface area (Å²) in [4.78, 5) is 18.7. The largest absolute Gasteiger partial charge is 0.387 e. The third-order valence-corrected chi connectivity index (χ3v) is 6.28. The van der Waals surface area contributed by atoms with Crippen LogP contribution < -0.4 is 11.1 Å². The number of rotatable bonds is 7. The van der Waals surface area contributed by atoms with E-state index in [-0.39, 0.29) is 11.9 Å². The number of hydrogen-bond acceptors (Lipinski definition) is 5. The number of pyridine rings is 1. The van der Waals surface area contributed by atoms with Gasteiger partial charge in [-0.3, -0.25) is 4.79 Å². The molecule has 1 fully saturated rings. The Morgan fingerprint density at radius 2 is 2.03 bits per heavy atom. The van der Waals surface area contributed by atoms with E-state index in [0.29, 0.717) is 24.0 Å². The number of aliphatic hydroxyl groups is 1. The lowest BCUT2D eigenvalue weighted by Crippen LogP contribution is -2.40. The van der Waals surface area contributed by atoms with Crippen LogP contribution in [-0.2, 0) is 13.0 Å². The van der Waals surface area contributed by atoms with E-state index in [9.17, 15) is 9.90 Å². The maximum absolute atomic E-state index is 12.8. The summed E-state index contributed by atoms with van der Waals surface area (Å²) in [5, 5.41) is 14.3. The molecule has 1 aliphatic carbocycles. The Balaban J connectivity index is 1.30. The minimum absolute atomic E-state index is 0.0447. The molecule has 1 saturated heterocycles. The molecule has 4 N–H and O–H groups in total. The van der Waals surface area contributed by atoms with Crippen LogP contribution in [0.25, 0.3) is 0 Å². The molecule has 168 valence electrons. The van der Waals surface area contributed by atoms with E-state index in [1.54, 1.807) is 18.0 Å². The van der Waals surface area contributed by atoms with Crippen LogP contribution >= 0.6 is 0 Å². The van der Waals surface area contributed by atoms with Crippen molar-refractivity contribution in [3.8, 4) is 0 Å². The first-order valence-corrected chi connectivity index (χ1v) is 11.4. The summed E-state index contributed by atoms with van der Waals surface area (Å²) in [6.07, 6.45) is 10.9. The van der Waals surface area contributed by atoms with Crippen molar-refractivity contribution < 1.29 is 9.90 Å². The van der Waals surface area contributed by atoms with E-state index in [4.69, 9.17) is 5.73 Å². The maximum Gasteiger partial charge on any atom is 0.253 e. The van der Waals surface area contributed by atoms with E-state index in [2.05, 4.69) is 28.5 Å². The summed E-state index contributed by atoms with van der Waals surface area (Å²) in [6.45, 7) is 0.410. The van der Waals surface area contributed by atoms with Gasteiger partial charge in [-0.25, -0.2) is 4.98 Å². The number of nitrogens with two attached hydrogens (primary N) is 1. The lowest BCUT2D eigenvalue weighted by Gasteiger charge is -2.22. The topological polar surface area (TPSA) is 91.5 Å². The molecular formula is C26H32N4O2. The summed E-state index contributed by atoms with van der Waals surface area (Å²) in [5.41, 5.74) is 9.37. The second-order valence-electron chi connectivity index (χ2n) is 8.79. The maximum atomic E-state index is 12.8. The molecule has 2 unspecified atom stereocenters. The molecular weight excluding hydrogens is 400 g/mol. The van der Waals surface area contributed by atoms with Crippen molar-refractivity contribution in [3.05, 3.63) is 83.1 Å². The Bertz CT molecular complexity index is 999. The molecule has 6 nitrogen and oxygen atoms in total. The van der Waals surface area contributed by atoms with Gasteiger partial charge < -0.3 is 21.1 Å². The van der Waals surface area contributed by atoms with E-state index >= 15 is 0 Å². The molecule has 1 aliphatic heterocycles. The number of nitrogens with zero attached hydrogens (tertiary/aromatic N) is 2. The van der Waals surface area contributed by atoms with E-state index in [1.165, 1.54) is 5.56 Å². The van der Waals surface area contributed by atoms with Crippen LogP contribution in [0.2, 0.25) is 0 Å². The van der Waals surface area contributed by atoms with E-state index in [1.807, 2.05) is 36.4 Å². The Hall–Kier alpha value is -2.96. The summed E-state index contributed by atoms with van der Waals surface area (Å²) < 4.78 is 0. The van der Waals surface area contributed by atoms with Crippen molar-refractivity contribution in [2.45, 2.75) is 56.8 Å². The first-order valence-electron chi connectivity index (χ1n) is 11.4. The molecule has 0 bridgehead atoms. The molecule has 4 rings (SSSR count). The van der Waals surface area contributed by atoms with E-state index in [0.717, 1.165) is 43.4 Å². The average Bonchev–Trinajstić information content (AvgIpc) is 3.27. The first-order chi connectivity index (χ1) is 15.5. The van der Waals surface area contributed by atoms with Gasteiger partial charge in [-0.15, -0.1) is 0 Å². The number of carbonyl (C=O) groups is 1. The monoisotopic (exact) mass is 432 g/mol. The fourth-order valence-corrected chi connectivity index (χ4v) is 4.53. The van der Waals surface area contributed by atoms with Gasteiger partial charge in [0, 0.05) is 24.7 Å². The van der Waals surface area contributed by atoms with Gasteiger partial charge in [0.15, 0.2) is 0 Å². The number of anilines is 1. The number of aliphatic hydroxyl groups excluding tert-OH is 1. The second kappa shape index (κ2) is 10.1. The average molecular weight is 433 g/mol. The minimum atomic E-state index is -0.443. The molecule has 6 heteroatoms. The Morgan fingerprint density at radius 3 is 2.75 bits per heavy atom. The van der Waals surface area contributed by atoms with Crippen LogP contribution in [0, 0.1) is 0 Å². The molecule has 2 aliphatic rings. The van der Waals surface area contributed by atoms with Crippen LogP contribution in [0.5, 0.6) is 0 Å². The van der Waals surface area contributed by atoms with Crippen molar-refractivity contribution >= 4 is 11.7 Å². The molecule has 0 spiro atoms.